The number of hydrogen-bond donors (Lipinski definition) is 3. The number of hydrogen-bond acceptors (Lipinski definition) is 7. The van der Waals surface area contributed by atoms with Crippen molar-refractivity contribution in [3.8, 4) is 16.5 Å². The van der Waals surface area contributed by atoms with Gasteiger partial charge >= 0.3 is 6.01 Å². The number of aromatic nitrogens is 2. The van der Waals surface area contributed by atoms with Crippen molar-refractivity contribution in [3.63, 3.8) is 0 Å². The highest BCUT2D eigenvalue weighted by atomic mass is 32.1. The third-order valence-electron chi connectivity index (χ3n) is 5.92. The minimum Gasteiger partial charge on any atom is -0.467 e. The SMILES string of the molecule is COc1ncc(-c2ccc(C(=O)NCc3cccc(C(=O)Nc4ccc5c(c4)CNCC5)c3)s2)cn1. The molecule has 0 aliphatic carbocycles. The number of nitrogens with one attached hydrogen (secondary N) is 3. The second-order valence-corrected chi connectivity index (χ2v) is 9.45. The van der Waals surface area contributed by atoms with Crippen LogP contribution in [0.15, 0.2) is 67.0 Å². The van der Waals surface area contributed by atoms with Gasteiger partial charge in [-0.15, -0.1) is 11.3 Å². The Kier molecular flexibility index (Phi) is 7.01. The van der Waals surface area contributed by atoms with Gasteiger partial charge in [-0.3, -0.25) is 9.59 Å². The van der Waals surface area contributed by atoms with Crippen LogP contribution in [-0.4, -0.2) is 35.4 Å². The Hall–Kier alpha value is -4.08. The number of carbonyl (C=O) groups excluding carboxylic acids is 2. The van der Waals surface area contributed by atoms with E-state index in [4.69, 9.17) is 4.74 Å². The normalized spacial score (nSPS) is 12.5. The fourth-order valence-electron chi connectivity index (χ4n) is 4.02. The maximum absolute atomic E-state index is 12.8. The molecule has 0 saturated carbocycles. The summed E-state index contributed by atoms with van der Waals surface area (Å²) in [7, 11) is 1.51. The quantitative estimate of drug-likeness (QED) is 0.354. The second-order valence-electron chi connectivity index (χ2n) is 8.37. The summed E-state index contributed by atoms with van der Waals surface area (Å²) in [5.74, 6) is -0.366. The molecule has 9 heteroatoms. The summed E-state index contributed by atoms with van der Waals surface area (Å²) in [6, 6.07) is 17.3. The molecule has 4 aromatic rings. The highest BCUT2D eigenvalue weighted by molar-refractivity contribution is 7.17. The van der Waals surface area contributed by atoms with Crippen LogP contribution < -0.4 is 20.7 Å². The first-order valence-electron chi connectivity index (χ1n) is 11.6. The van der Waals surface area contributed by atoms with Crippen LogP contribution >= 0.6 is 11.3 Å². The predicted octanol–water partition coefficient (Wildman–Crippen LogP) is 4.04. The van der Waals surface area contributed by atoms with E-state index in [1.54, 1.807) is 30.6 Å². The molecule has 1 aliphatic rings. The van der Waals surface area contributed by atoms with E-state index in [1.807, 2.05) is 30.3 Å². The van der Waals surface area contributed by atoms with Crippen LogP contribution in [0.5, 0.6) is 6.01 Å². The maximum Gasteiger partial charge on any atom is 0.316 e. The van der Waals surface area contributed by atoms with E-state index in [0.717, 1.165) is 41.2 Å². The first-order chi connectivity index (χ1) is 17.6. The zero-order valence-corrected chi connectivity index (χ0v) is 20.5. The summed E-state index contributed by atoms with van der Waals surface area (Å²) in [4.78, 5) is 35.2. The highest BCUT2D eigenvalue weighted by Crippen LogP contribution is 2.27. The number of carbonyl (C=O) groups is 2. The molecule has 8 nitrogen and oxygen atoms in total. The van der Waals surface area contributed by atoms with Crippen LogP contribution in [0, 0.1) is 0 Å². The minimum absolute atomic E-state index is 0.182. The average Bonchev–Trinajstić information content (AvgIpc) is 3.42. The average molecular weight is 500 g/mol. The molecule has 0 fully saturated rings. The molecule has 3 N–H and O–H groups in total. The fraction of sp³-hybridized carbons (Fsp3) is 0.185. The topological polar surface area (TPSA) is 105 Å². The molecule has 3 heterocycles. The van der Waals surface area contributed by atoms with Crippen molar-refractivity contribution in [1.29, 1.82) is 0 Å². The third kappa shape index (κ3) is 5.42. The minimum atomic E-state index is -0.184. The van der Waals surface area contributed by atoms with Gasteiger partial charge in [0.25, 0.3) is 11.8 Å². The summed E-state index contributed by atoms with van der Waals surface area (Å²) in [6.07, 6.45) is 4.33. The maximum atomic E-state index is 12.8. The van der Waals surface area contributed by atoms with Gasteiger partial charge in [0.2, 0.25) is 0 Å². The van der Waals surface area contributed by atoms with E-state index in [0.29, 0.717) is 23.0 Å². The summed E-state index contributed by atoms with van der Waals surface area (Å²) in [6.45, 7) is 2.10. The van der Waals surface area contributed by atoms with Crippen LogP contribution in [0.4, 0.5) is 5.69 Å². The number of anilines is 1. The lowest BCUT2D eigenvalue weighted by atomic mass is 10.0. The van der Waals surface area contributed by atoms with Gasteiger partial charge in [0, 0.05) is 47.2 Å². The Labute approximate surface area is 212 Å². The van der Waals surface area contributed by atoms with Crippen molar-refractivity contribution in [2.75, 3.05) is 19.0 Å². The third-order valence-corrected chi connectivity index (χ3v) is 7.05. The van der Waals surface area contributed by atoms with E-state index in [2.05, 4.69) is 32.0 Å². The molecule has 182 valence electrons. The number of thiophene rings is 1. The zero-order chi connectivity index (χ0) is 24.9. The van der Waals surface area contributed by atoms with Gasteiger partial charge in [0.05, 0.1) is 12.0 Å². The fourth-order valence-corrected chi connectivity index (χ4v) is 4.91. The van der Waals surface area contributed by atoms with Crippen LogP contribution in [0.3, 0.4) is 0 Å². The zero-order valence-electron chi connectivity index (χ0n) is 19.7. The van der Waals surface area contributed by atoms with Crippen molar-refractivity contribution in [1.82, 2.24) is 20.6 Å². The Morgan fingerprint density at radius 3 is 2.72 bits per heavy atom. The number of methoxy groups -OCH3 is 1. The Bertz CT molecular complexity index is 1400. The molecule has 0 spiro atoms. The van der Waals surface area contributed by atoms with Crippen molar-refractivity contribution in [2.24, 2.45) is 0 Å². The first kappa shape index (κ1) is 23.7. The highest BCUT2D eigenvalue weighted by Gasteiger charge is 2.13. The molecule has 5 rings (SSSR count). The number of benzene rings is 2. The molecule has 0 saturated heterocycles. The van der Waals surface area contributed by atoms with Crippen LogP contribution in [0.2, 0.25) is 0 Å². The number of rotatable bonds is 7. The summed E-state index contributed by atoms with van der Waals surface area (Å²) >= 11 is 1.36. The second kappa shape index (κ2) is 10.7. The van der Waals surface area contributed by atoms with Gasteiger partial charge in [-0.2, -0.15) is 0 Å². The molecule has 1 aliphatic heterocycles. The number of ether oxygens (including phenoxy) is 1. The van der Waals surface area contributed by atoms with Crippen molar-refractivity contribution in [2.45, 2.75) is 19.5 Å². The van der Waals surface area contributed by atoms with Crippen molar-refractivity contribution >= 4 is 28.8 Å². The van der Waals surface area contributed by atoms with Gasteiger partial charge in [0.15, 0.2) is 0 Å². The van der Waals surface area contributed by atoms with Crippen LogP contribution in [-0.2, 0) is 19.5 Å². The number of amides is 2. The van der Waals surface area contributed by atoms with Gasteiger partial charge in [-0.1, -0.05) is 18.2 Å². The van der Waals surface area contributed by atoms with Crippen molar-refractivity contribution in [3.05, 3.63) is 94.1 Å². The Morgan fingerprint density at radius 1 is 1.03 bits per heavy atom. The molecular formula is C27H25N5O3S. The predicted molar refractivity (Wildman–Crippen MR) is 139 cm³/mol. The van der Waals surface area contributed by atoms with Gasteiger partial charge < -0.3 is 20.7 Å². The largest absolute Gasteiger partial charge is 0.467 e. The van der Waals surface area contributed by atoms with Crippen LogP contribution in [0.1, 0.15) is 36.7 Å². The molecular weight excluding hydrogens is 474 g/mol. The monoisotopic (exact) mass is 499 g/mol. The molecule has 2 aromatic heterocycles. The van der Waals surface area contributed by atoms with Gasteiger partial charge in [-0.05, 0) is 66.1 Å². The Balaban J connectivity index is 1.20. The summed E-state index contributed by atoms with van der Waals surface area (Å²) in [5.41, 5.74) is 5.50. The molecule has 0 unspecified atom stereocenters. The lowest BCUT2D eigenvalue weighted by Gasteiger charge is -2.18. The summed E-state index contributed by atoms with van der Waals surface area (Å²) in [5, 5.41) is 9.26. The lowest BCUT2D eigenvalue weighted by Crippen LogP contribution is -2.24. The molecule has 0 atom stereocenters. The van der Waals surface area contributed by atoms with Gasteiger partial charge in [0.1, 0.15) is 0 Å². The lowest BCUT2D eigenvalue weighted by molar-refractivity contribution is 0.0954. The first-order valence-corrected chi connectivity index (χ1v) is 12.4. The van der Waals surface area contributed by atoms with E-state index in [1.165, 1.54) is 29.6 Å². The summed E-state index contributed by atoms with van der Waals surface area (Å²) < 4.78 is 4.98. The molecule has 2 aromatic carbocycles. The molecule has 0 radical (unpaired) electrons. The van der Waals surface area contributed by atoms with Gasteiger partial charge in [-0.25, -0.2) is 9.97 Å². The van der Waals surface area contributed by atoms with Crippen molar-refractivity contribution < 1.29 is 14.3 Å². The van der Waals surface area contributed by atoms with E-state index >= 15 is 0 Å². The molecule has 0 bridgehead atoms. The standard InChI is InChI=1S/C27H25N5O3S/c1-35-27-30-15-21(16-31-27)23-7-8-24(36-23)26(34)29-13-17-3-2-4-19(11-17)25(33)32-22-6-5-18-9-10-28-14-20(18)12-22/h2-8,11-12,15-16,28H,9-10,13-14H2,1H3,(H,29,34)(H,32,33). The number of fused-ring (bicyclic) bond motifs is 1. The smallest absolute Gasteiger partial charge is 0.316 e. The molecule has 2 amide bonds. The number of nitrogens with zero attached hydrogens (tertiary/aromatic N) is 2. The van der Waals surface area contributed by atoms with E-state index in [-0.39, 0.29) is 11.8 Å². The Morgan fingerprint density at radius 2 is 1.89 bits per heavy atom. The van der Waals surface area contributed by atoms with E-state index < -0.39 is 0 Å². The van der Waals surface area contributed by atoms with E-state index in [9.17, 15) is 9.59 Å². The van der Waals surface area contributed by atoms with Crippen LogP contribution in [0.25, 0.3) is 10.4 Å². The molecule has 36 heavy (non-hydrogen) atoms.